The molecule has 1 aromatic heterocycles. The van der Waals surface area contributed by atoms with Gasteiger partial charge in [0.25, 0.3) is 0 Å². The van der Waals surface area contributed by atoms with E-state index >= 15 is 0 Å². The second-order valence-corrected chi connectivity index (χ2v) is 4.79. The molecular formula is C14H19N3O. The second-order valence-electron chi connectivity index (χ2n) is 4.79. The van der Waals surface area contributed by atoms with E-state index in [1.54, 1.807) is 0 Å². The molecular weight excluding hydrogens is 226 g/mol. The second kappa shape index (κ2) is 5.83. The minimum Gasteiger partial charge on any atom is -0.395 e. The first-order chi connectivity index (χ1) is 8.76. The highest BCUT2D eigenvalue weighted by Gasteiger charge is 2.25. The molecule has 0 aromatic carbocycles. The minimum atomic E-state index is 0.0942. The molecule has 2 rings (SSSR count). The molecule has 0 amide bonds. The van der Waals surface area contributed by atoms with E-state index in [1.165, 1.54) is 12.8 Å². The molecule has 0 radical (unpaired) electrons. The van der Waals surface area contributed by atoms with Gasteiger partial charge in [0.15, 0.2) is 0 Å². The fourth-order valence-electron chi connectivity index (χ4n) is 2.63. The lowest BCUT2D eigenvalue weighted by molar-refractivity contribution is 0.296. The lowest BCUT2D eigenvalue weighted by atomic mass is 10.1. The summed E-state index contributed by atoms with van der Waals surface area (Å²) in [6.45, 7) is 2.57. The van der Waals surface area contributed by atoms with Gasteiger partial charge in [-0.25, -0.2) is 4.98 Å². The molecule has 1 heterocycles. The van der Waals surface area contributed by atoms with E-state index < -0.39 is 0 Å². The summed E-state index contributed by atoms with van der Waals surface area (Å²) < 4.78 is 0. The van der Waals surface area contributed by atoms with E-state index in [0.29, 0.717) is 18.2 Å². The van der Waals surface area contributed by atoms with E-state index in [0.717, 1.165) is 24.4 Å². The van der Waals surface area contributed by atoms with Crippen molar-refractivity contribution in [2.75, 3.05) is 18.1 Å². The zero-order valence-corrected chi connectivity index (χ0v) is 10.8. The van der Waals surface area contributed by atoms with Crippen LogP contribution in [0, 0.1) is 18.3 Å². The molecule has 18 heavy (non-hydrogen) atoms. The van der Waals surface area contributed by atoms with Crippen LogP contribution in [0.3, 0.4) is 0 Å². The summed E-state index contributed by atoms with van der Waals surface area (Å²) >= 11 is 0. The smallest absolute Gasteiger partial charge is 0.147 e. The molecule has 0 unspecified atom stereocenters. The third-order valence-electron chi connectivity index (χ3n) is 3.51. The van der Waals surface area contributed by atoms with Crippen molar-refractivity contribution in [3.63, 3.8) is 0 Å². The Morgan fingerprint density at radius 3 is 2.78 bits per heavy atom. The van der Waals surface area contributed by atoms with E-state index in [1.807, 2.05) is 19.1 Å². The molecule has 1 saturated carbocycles. The Balaban J connectivity index is 2.34. The predicted octanol–water partition coefficient (Wildman–Crippen LogP) is 2.00. The van der Waals surface area contributed by atoms with Crippen molar-refractivity contribution in [2.24, 2.45) is 0 Å². The maximum Gasteiger partial charge on any atom is 0.147 e. The highest BCUT2D eigenvalue weighted by Crippen LogP contribution is 2.28. The maximum absolute atomic E-state index is 9.24. The third kappa shape index (κ3) is 2.62. The first-order valence-electron chi connectivity index (χ1n) is 6.51. The Bertz CT molecular complexity index is 447. The molecule has 1 aliphatic rings. The fourth-order valence-corrected chi connectivity index (χ4v) is 2.63. The maximum atomic E-state index is 9.24. The average molecular weight is 245 g/mol. The van der Waals surface area contributed by atoms with Crippen molar-refractivity contribution < 1.29 is 5.11 Å². The Labute approximate surface area is 108 Å². The van der Waals surface area contributed by atoms with E-state index in [2.05, 4.69) is 16.0 Å². The van der Waals surface area contributed by atoms with E-state index in [9.17, 15) is 10.4 Å². The van der Waals surface area contributed by atoms with Crippen LogP contribution in [-0.4, -0.2) is 29.3 Å². The van der Waals surface area contributed by atoms with Crippen molar-refractivity contribution in [3.05, 3.63) is 23.4 Å². The Kier molecular flexibility index (Phi) is 4.16. The number of hydrogen-bond donors (Lipinski definition) is 1. The summed E-state index contributed by atoms with van der Waals surface area (Å²) in [4.78, 5) is 6.61. The van der Waals surface area contributed by atoms with Crippen molar-refractivity contribution in [1.29, 1.82) is 5.26 Å². The molecule has 4 heteroatoms. The van der Waals surface area contributed by atoms with Crippen molar-refractivity contribution in [2.45, 2.75) is 38.6 Å². The van der Waals surface area contributed by atoms with Gasteiger partial charge in [-0.3, -0.25) is 0 Å². The zero-order chi connectivity index (χ0) is 13.0. The zero-order valence-electron chi connectivity index (χ0n) is 10.8. The van der Waals surface area contributed by atoms with Crippen LogP contribution in [0.15, 0.2) is 12.1 Å². The van der Waals surface area contributed by atoms with Gasteiger partial charge in [0.1, 0.15) is 11.9 Å². The number of nitrogens with zero attached hydrogens (tertiary/aromatic N) is 3. The fraction of sp³-hybridized carbons (Fsp3) is 0.571. The topological polar surface area (TPSA) is 60.2 Å². The van der Waals surface area contributed by atoms with Crippen LogP contribution in [0.4, 0.5) is 5.82 Å². The lowest BCUT2D eigenvalue weighted by Crippen LogP contribution is -2.37. The standard InChI is InChI=1S/C14H19N3O/c1-11-6-7-12(10-15)14(16-11)17(8-9-18)13-4-2-3-5-13/h6-7,13,18H,2-5,8-9H2,1H3. The van der Waals surface area contributed by atoms with Crippen LogP contribution in [0.2, 0.25) is 0 Å². The number of aromatic nitrogens is 1. The van der Waals surface area contributed by atoms with E-state index in [-0.39, 0.29) is 6.61 Å². The highest BCUT2D eigenvalue weighted by atomic mass is 16.3. The van der Waals surface area contributed by atoms with Gasteiger partial charge in [-0.05, 0) is 31.9 Å². The van der Waals surface area contributed by atoms with Crippen molar-refractivity contribution >= 4 is 5.82 Å². The molecule has 0 saturated heterocycles. The largest absolute Gasteiger partial charge is 0.395 e. The SMILES string of the molecule is Cc1ccc(C#N)c(N(CCO)C2CCCC2)n1. The molecule has 1 aromatic rings. The molecule has 0 aliphatic heterocycles. The molecule has 4 nitrogen and oxygen atoms in total. The molecule has 0 bridgehead atoms. The predicted molar refractivity (Wildman–Crippen MR) is 70.4 cm³/mol. The van der Waals surface area contributed by atoms with Gasteiger partial charge in [0, 0.05) is 18.3 Å². The van der Waals surface area contributed by atoms with Crippen molar-refractivity contribution in [1.82, 2.24) is 4.98 Å². The Hall–Kier alpha value is -1.60. The summed E-state index contributed by atoms with van der Waals surface area (Å²) in [5.74, 6) is 0.735. The quantitative estimate of drug-likeness (QED) is 0.881. The number of aliphatic hydroxyl groups is 1. The monoisotopic (exact) mass is 245 g/mol. The molecule has 96 valence electrons. The van der Waals surface area contributed by atoms with Gasteiger partial charge in [-0.2, -0.15) is 5.26 Å². The normalized spacial score (nSPS) is 15.6. The van der Waals surface area contributed by atoms with Gasteiger partial charge in [-0.1, -0.05) is 12.8 Å². The molecule has 0 spiro atoms. The Morgan fingerprint density at radius 2 is 2.17 bits per heavy atom. The molecule has 1 fully saturated rings. The number of aryl methyl sites for hydroxylation is 1. The average Bonchev–Trinajstić information content (AvgIpc) is 2.89. The number of pyridine rings is 1. The highest BCUT2D eigenvalue weighted by molar-refractivity contribution is 5.55. The summed E-state index contributed by atoms with van der Waals surface area (Å²) in [6.07, 6.45) is 4.70. The first kappa shape index (κ1) is 12.8. The summed E-state index contributed by atoms with van der Waals surface area (Å²) in [7, 11) is 0. The van der Waals surface area contributed by atoms with Crippen molar-refractivity contribution in [3.8, 4) is 6.07 Å². The van der Waals surface area contributed by atoms with Gasteiger partial charge in [0.05, 0.1) is 12.2 Å². The van der Waals surface area contributed by atoms with Gasteiger partial charge < -0.3 is 10.0 Å². The summed E-state index contributed by atoms with van der Waals surface area (Å²) in [6, 6.07) is 6.29. The number of nitriles is 1. The Morgan fingerprint density at radius 1 is 1.44 bits per heavy atom. The van der Waals surface area contributed by atoms with Crippen LogP contribution >= 0.6 is 0 Å². The van der Waals surface area contributed by atoms with Crippen LogP contribution < -0.4 is 4.90 Å². The molecule has 1 N–H and O–H groups in total. The number of rotatable bonds is 4. The van der Waals surface area contributed by atoms with Crippen LogP contribution in [0.1, 0.15) is 36.9 Å². The first-order valence-corrected chi connectivity index (χ1v) is 6.51. The minimum absolute atomic E-state index is 0.0942. The molecule has 0 atom stereocenters. The number of aliphatic hydroxyl groups excluding tert-OH is 1. The van der Waals surface area contributed by atoms with Crippen LogP contribution in [-0.2, 0) is 0 Å². The van der Waals surface area contributed by atoms with E-state index in [4.69, 9.17) is 0 Å². The lowest BCUT2D eigenvalue weighted by Gasteiger charge is -2.30. The summed E-state index contributed by atoms with van der Waals surface area (Å²) in [5, 5.41) is 18.4. The van der Waals surface area contributed by atoms with Crippen LogP contribution in [0.25, 0.3) is 0 Å². The van der Waals surface area contributed by atoms with Gasteiger partial charge in [0.2, 0.25) is 0 Å². The van der Waals surface area contributed by atoms with Gasteiger partial charge in [-0.15, -0.1) is 0 Å². The number of hydrogen-bond acceptors (Lipinski definition) is 4. The van der Waals surface area contributed by atoms with Crippen LogP contribution in [0.5, 0.6) is 0 Å². The van der Waals surface area contributed by atoms with Gasteiger partial charge >= 0.3 is 0 Å². The summed E-state index contributed by atoms with van der Waals surface area (Å²) in [5.41, 5.74) is 1.51. The third-order valence-corrected chi connectivity index (χ3v) is 3.51. The molecule has 1 aliphatic carbocycles. The number of anilines is 1.